The highest BCUT2D eigenvalue weighted by molar-refractivity contribution is 6.08. The number of nitrogens with zero attached hydrogens (tertiary/aromatic N) is 1. The second-order valence-electron chi connectivity index (χ2n) is 6.15. The third-order valence-electron chi connectivity index (χ3n) is 4.46. The van der Waals surface area contributed by atoms with E-state index in [1.165, 1.54) is 5.56 Å². The first kappa shape index (κ1) is 16.3. The van der Waals surface area contributed by atoms with Crippen LogP contribution in [0, 0.1) is 0 Å². The SMILES string of the molecule is C/C(=C/C(=O)c1ccccc1)c1cc2c(cc1OO)N(C)CCC2. The summed E-state index contributed by atoms with van der Waals surface area (Å²) in [5, 5.41) is 9.28. The van der Waals surface area contributed by atoms with Crippen LogP contribution < -0.4 is 9.79 Å². The number of hydrogen-bond acceptors (Lipinski definition) is 4. The Bertz CT molecular complexity index is 781. The smallest absolute Gasteiger partial charge is 0.186 e. The average Bonchev–Trinajstić information content (AvgIpc) is 2.61. The highest BCUT2D eigenvalue weighted by Gasteiger charge is 2.19. The summed E-state index contributed by atoms with van der Waals surface area (Å²) < 4.78 is 0. The molecule has 0 atom stereocenters. The molecule has 0 saturated carbocycles. The molecule has 3 rings (SSSR count). The van der Waals surface area contributed by atoms with E-state index in [9.17, 15) is 10.1 Å². The van der Waals surface area contributed by atoms with E-state index in [0.717, 1.165) is 36.2 Å². The summed E-state index contributed by atoms with van der Waals surface area (Å²) in [6.45, 7) is 2.84. The van der Waals surface area contributed by atoms with Crippen LogP contribution in [0.5, 0.6) is 5.75 Å². The van der Waals surface area contributed by atoms with E-state index in [1.807, 2.05) is 44.3 Å². The van der Waals surface area contributed by atoms with Crippen LogP contribution in [0.2, 0.25) is 0 Å². The molecule has 0 unspecified atom stereocenters. The second-order valence-corrected chi connectivity index (χ2v) is 6.15. The lowest BCUT2D eigenvalue weighted by atomic mass is 9.95. The van der Waals surface area contributed by atoms with Crippen molar-refractivity contribution in [2.75, 3.05) is 18.5 Å². The molecule has 1 aliphatic rings. The Balaban J connectivity index is 1.99. The molecular formula is C20H21NO3. The number of rotatable bonds is 4. The lowest BCUT2D eigenvalue weighted by Gasteiger charge is -2.28. The van der Waals surface area contributed by atoms with Crippen molar-refractivity contribution in [2.24, 2.45) is 0 Å². The fourth-order valence-electron chi connectivity index (χ4n) is 3.14. The minimum atomic E-state index is -0.0631. The Labute approximate surface area is 141 Å². The van der Waals surface area contributed by atoms with E-state index in [-0.39, 0.29) is 5.78 Å². The molecular weight excluding hydrogens is 302 g/mol. The third kappa shape index (κ3) is 3.19. The van der Waals surface area contributed by atoms with E-state index in [4.69, 9.17) is 0 Å². The molecule has 2 aromatic carbocycles. The molecule has 0 amide bonds. The van der Waals surface area contributed by atoms with Gasteiger partial charge in [-0.15, -0.1) is 0 Å². The van der Waals surface area contributed by atoms with Crippen LogP contribution in [0.3, 0.4) is 0 Å². The van der Waals surface area contributed by atoms with Crippen molar-refractivity contribution < 1.29 is 14.9 Å². The monoisotopic (exact) mass is 323 g/mol. The van der Waals surface area contributed by atoms with Gasteiger partial charge in [0.15, 0.2) is 11.5 Å². The van der Waals surface area contributed by atoms with Crippen molar-refractivity contribution >= 4 is 17.0 Å². The first-order valence-electron chi connectivity index (χ1n) is 8.07. The highest BCUT2D eigenvalue weighted by atomic mass is 17.1. The van der Waals surface area contributed by atoms with Gasteiger partial charge in [-0.3, -0.25) is 4.79 Å². The minimum absolute atomic E-state index is 0.0631. The topological polar surface area (TPSA) is 49.8 Å². The van der Waals surface area contributed by atoms with E-state index < -0.39 is 0 Å². The quantitative estimate of drug-likeness (QED) is 0.396. The minimum Gasteiger partial charge on any atom is -0.374 e. The van der Waals surface area contributed by atoms with Crippen molar-refractivity contribution in [3.05, 3.63) is 65.2 Å². The first-order chi connectivity index (χ1) is 11.6. The lowest BCUT2D eigenvalue weighted by molar-refractivity contribution is -0.137. The standard InChI is InChI=1S/C20H21NO3/c1-14(11-19(22)15-7-4-3-5-8-15)17-12-16-9-6-10-21(2)18(16)13-20(17)24-23/h3-5,7-8,11-13,23H,6,9-10H2,1-2H3/b14-11-. The molecule has 0 bridgehead atoms. The molecule has 1 N–H and O–H groups in total. The van der Waals surface area contributed by atoms with Crippen molar-refractivity contribution in [1.29, 1.82) is 0 Å². The number of anilines is 1. The van der Waals surface area contributed by atoms with E-state index in [2.05, 4.69) is 9.79 Å². The van der Waals surface area contributed by atoms with Crippen LogP contribution in [-0.2, 0) is 6.42 Å². The zero-order valence-electron chi connectivity index (χ0n) is 14.0. The summed E-state index contributed by atoms with van der Waals surface area (Å²) in [5.74, 6) is 0.309. The summed E-state index contributed by atoms with van der Waals surface area (Å²) in [5.41, 5.74) is 4.43. The maximum atomic E-state index is 12.4. The van der Waals surface area contributed by atoms with Crippen molar-refractivity contribution in [2.45, 2.75) is 19.8 Å². The van der Waals surface area contributed by atoms with E-state index in [1.54, 1.807) is 18.2 Å². The van der Waals surface area contributed by atoms with Crippen LogP contribution >= 0.6 is 0 Å². The molecule has 2 aromatic rings. The van der Waals surface area contributed by atoms with Gasteiger partial charge in [-0.1, -0.05) is 30.3 Å². The Kier molecular flexibility index (Phi) is 4.67. The number of ketones is 1. The molecule has 24 heavy (non-hydrogen) atoms. The van der Waals surface area contributed by atoms with Gasteiger partial charge in [0.05, 0.1) is 0 Å². The number of aryl methyl sites for hydroxylation is 1. The van der Waals surface area contributed by atoms with E-state index >= 15 is 0 Å². The normalized spacial score (nSPS) is 14.3. The molecule has 4 nitrogen and oxygen atoms in total. The Hall–Kier alpha value is -2.59. The van der Waals surface area contributed by atoms with Crippen LogP contribution in [-0.4, -0.2) is 24.6 Å². The summed E-state index contributed by atoms with van der Waals surface area (Å²) in [6, 6.07) is 13.0. The van der Waals surface area contributed by atoms with Gasteiger partial charge in [0.2, 0.25) is 0 Å². The van der Waals surface area contributed by atoms with Gasteiger partial charge in [0.25, 0.3) is 0 Å². The molecule has 0 aromatic heterocycles. The van der Waals surface area contributed by atoms with Gasteiger partial charge < -0.3 is 9.79 Å². The molecule has 1 aliphatic heterocycles. The molecule has 124 valence electrons. The fraction of sp³-hybridized carbons (Fsp3) is 0.250. The van der Waals surface area contributed by atoms with Crippen LogP contribution in [0.15, 0.2) is 48.5 Å². The Morgan fingerprint density at radius 3 is 2.71 bits per heavy atom. The maximum Gasteiger partial charge on any atom is 0.186 e. The molecule has 0 spiro atoms. The van der Waals surface area contributed by atoms with Gasteiger partial charge in [-0.05, 0) is 43.0 Å². The number of allylic oxidation sites excluding steroid dienone is 2. The maximum absolute atomic E-state index is 12.4. The highest BCUT2D eigenvalue weighted by Crippen LogP contribution is 2.36. The molecule has 0 aliphatic carbocycles. The largest absolute Gasteiger partial charge is 0.374 e. The van der Waals surface area contributed by atoms with Crippen molar-refractivity contribution in [1.82, 2.24) is 0 Å². The summed E-state index contributed by atoms with van der Waals surface area (Å²) in [6.07, 6.45) is 3.67. The first-order valence-corrected chi connectivity index (χ1v) is 8.07. The number of benzene rings is 2. The van der Waals surface area contributed by atoms with Gasteiger partial charge in [0, 0.05) is 36.5 Å². The second kappa shape index (κ2) is 6.89. The van der Waals surface area contributed by atoms with Gasteiger partial charge in [-0.25, -0.2) is 5.26 Å². The predicted molar refractivity (Wildman–Crippen MR) is 95.7 cm³/mol. The Morgan fingerprint density at radius 1 is 1.25 bits per heavy atom. The summed E-state index contributed by atoms with van der Waals surface area (Å²) in [7, 11) is 2.03. The molecule has 1 heterocycles. The lowest BCUT2D eigenvalue weighted by Crippen LogP contribution is -2.24. The number of fused-ring (bicyclic) bond motifs is 1. The molecule has 4 heteroatoms. The summed E-state index contributed by atoms with van der Waals surface area (Å²) >= 11 is 0. The van der Waals surface area contributed by atoms with Gasteiger partial charge in [0.1, 0.15) is 0 Å². The fourth-order valence-corrected chi connectivity index (χ4v) is 3.14. The molecule has 0 saturated heterocycles. The third-order valence-corrected chi connectivity index (χ3v) is 4.46. The molecule has 0 radical (unpaired) electrons. The summed E-state index contributed by atoms with van der Waals surface area (Å²) in [4.78, 5) is 19.1. The molecule has 0 fully saturated rings. The van der Waals surface area contributed by atoms with Gasteiger partial charge in [-0.2, -0.15) is 0 Å². The van der Waals surface area contributed by atoms with Crippen LogP contribution in [0.25, 0.3) is 5.57 Å². The zero-order chi connectivity index (χ0) is 17.1. The number of hydrogen-bond donors (Lipinski definition) is 1. The number of carbonyl (C=O) groups is 1. The Morgan fingerprint density at radius 2 is 2.00 bits per heavy atom. The predicted octanol–water partition coefficient (Wildman–Crippen LogP) is 4.21. The zero-order valence-corrected chi connectivity index (χ0v) is 14.0. The van der Waals surface area contributed by atoms with Crippen LogP contribution in [0.4, 0.5) is 5.69 Å². The average molecular weight is 323 g/mol. The number of carbonyl (C=O) groups excluding carboxylic acids is 1. The van der Waals surface area contributed by atoms with Crippen LogP contribution in [0.1, 0.15) is 34.8 Å². The van der Waals surface area contributed by atoms with Crippen molar-refractivity contribution in [3.8, 4) is 5.75 Å². The van der Waals surface area contributed by atoms with Crippen molar-refractivity contribution in [3.63, 3.8) is 0 Å². The van der Waals surface area contributed by atoms with E-state index in [0.29, 0.717) is 11.3 Å². The van der Waals surface area contributed by atoms with Gasteiger partial charge >= 0.3 is 0 Å².